The fraction of sp³-hybridized carbons (Fsp3) is 0.571. The number of benzene rings is 1. The Balaban J connectivity index is 1.93. The molecule has 20 heavy (non-hydrogen) atoms. The number of primary sulfonamides is 1. The maximum atomic E-state index is 11.0. The molecule has 3 N–H and O–H groups in total. The number of nitrogens with one attached hydrogen (secondary N) is 1. The van der Waals surface area contributed by atoms with Crippen LogP contribution in [0.2, 0.25) is 0 Å². The van der Waals surface area contributed by atoms with Gasteiger partial charge in [0, 0.05) is 18.3 Å². The quantitative estimate of drug-likeness (QED) is 0.869. The van der Waals surface area contributed by atoms with Crippen LogP contribution in [0.1, 0.15) is 31.7 Å². The lowest BCUT2D eigenvalue weighted by Gasteiger charge is -2.30. The van der Waals surface area contributed by atoms with E-state index in [4.69, 9.17) is 9.88 Å². The highest BCUT2D eigenvalue weighted by Gasteiger charge is 2.20. The maximum absolute atomic E-state index is 11.0. The Morgan fingerprint density at radius 3 is 2.65 bits per heavy atom. The van der Waals surface area contributed by atoms with E-state index in [0.717, 1.165) is 31.6 Å². The van der Waals surface area contributed by atoms with Crippen LogP contribution in [-0.2, 0) is 20.5 Å². The zero-order valence-electron chi connectivity index (χ0n) is 11.7. The molecule has 0 bridgehead atoms. The summed E-state index contributed by atoms with van der Waals surface area (Å²) < 4.78 is 27.7. The first-order valence-corrected chi connectivity index (χ1v) is 8.65. The first-order chi connectivity index (χ1) is 9.46. The van der Waals surface area contributed by atoms with Gasteiger partial charge in [0.05, 0.1) is 11.9 Å². The summed E-state index contributed by atoms with van der Waals surface area (Å²) >= 11 is 0. The SMILES string of the molecule is CCC1CC(Nc2ccc(CS(N)(=O)=O)cc2)CCO1. The van der Waals surface area contributed by atoms with E-state index in [9.17, 15) is 8.42 Å². The lowest BCUT2D eigenvalue weighted by atomic mass is 10.0. The van der Waals surface area contributed by atoms with E-state index in [1.165, 1.54) is 0 Å². The molecule has 1 aromatic carbocycles. The van der Waals surface area contributed by atoms with Crippen LogP contribution >= 0.6 is 0 Å². The summed E-state index contributed by atoms with van der Waals surface area (Å²) in [6.07, 6.45) is 3.37. The van der Waals surface area contributed by atoms with Gasteiger partial charge in [-0.3, -0.25) is 0 Å². The van der Waals surface area contributed by atoms with Crippen molar-refractivity contribution < 1.29 is 13.2 Å². The predicted molar refractivity (Wildman–Crippen MR) is 79.9 cm³/mol. The molecule has 6 heteroatoms. The number of nitrogens with two attached hydrogens (primary N) is 1. The Morgan fingerprint density at radius 2 is 2.05 bits per heavy atom. The van der Waals surface area contributed by atoms with E-state index in [1.807, 2.05) is 12.1 Å². The monoisotopic (exact) mass is 298 g/mol. The molecule has 2 rings (SSSR count). The molecule has 1 aliphatic heterocycles. The summed E-state index contributed by atoms with van der Waals surface area (Å²) in [4.78, 5) is 0. The van der Waals surface area contributed by atoms with Gasteiger partial charge in [-0.1, -0.05) is 19.1 Å². The molecule has 2 unspecified atom stereocenters. The van der Waals surface area contributed by atoms with E-state index >= 15 is 0 Å². The molecule has 1 aromatic rings. The number of hydrogen-bond acceptors (Lipinski definition) is 4. The predicted octanol–water partition coefficient (Wildman–Crippen LogP) is 1.84. The number of hydrogen-bond donors (Lipinski definition) is 2. The second-order valence-corrected chi connectivity index (χ2v) is 6.89. The zero-order chi connectivity index (χ0) is 14.6. The highest BCUT2D eigenvalue weighted by atomic mass is 32.2. The minimum Gasteiger partial charge on any atom is -0.382 e. The molecule has 1 aliphatic rings. The van der Waals surface area contributed by atoms with Gasteiger partial charge in [0.15, 0.2) is 0 Å². The van der Waals surface area contributed by atoms with Gasteiger partial charge in [0.2, 0.25) is 10.0 Å². The second-order valence-electron chi connectivity index (χ2n) is 5.27. The van der Waals surface area contributed by atoms with Crippen LogP contribution in [-0.4, -0.2) is 27.2 Å². The Morgan fingerprint density at radius 1 is 1.35 bits per heavy atom. The first kappa shape index (κ1) is 15.3. The lowest BCUT2D eigenvalue weighted by molar-refractivity contribution is 0.00925. The highest BCUT2D eigenvalue weighted by Crippen LogP contribution is 2.21. The van der Waals surface area contributed by atoms with Crippen molar-refractivity contribution in [2.45, 2.75) is 44.1 Å². The molecule has 1 fully saturated rings. The van der Waals surface area contributed by atoms with Crippen molar-refractivity contribution in [2.75, 3.05) is 11.9 Å². The van der Waals surface area contributed by atoms with Gasteiger partial charge in [-0.15, -0.1) is 0 Å². The Kier molecular flexibility index (Phi) is 5.01. The molecule has 1 saturated heterocycles. The van der Waals surface area contributed by atoms with E-state index in [2.05, 4.69) is 12.2 Å². The zero-order valence-corrected chi connectivity index (χ0v) is 12.5. The molecular formula is C14H22N2O3S. The van der Waals surface area contributed by atoms with Gasteiger partial charge in [0.1, 0.15) is 0 Å². The molecule has 0 aliphatic carbocycles. The molecule has 1 heterocycles. The van der Waals surface area contributed by atoms with Crippen molar-refractivity contribution in [2.24, 2.45) is 5.14 Å². The summed E-state index contributed by atoms with van der Waals surface area (Å²) in [5.74, 6) is -0.123. The van der Waals surface area contributed by atoms with Crippen LogP contribution in [0.25, 0.3) is 0 Å². The highest BCUT2D eigenvalue weighted by molar-refractivity contribution is 7.88. The summed E-state index contributed by atoms with van der Waals surface area (Å²) in [5.41, 5.74) is 1.71. The van der Waals surface area contributed by atoms with Gasteiger partial charge in [0.25, 0.3) is 0 Å². The smallest absolute Gasteiger partial charge is 0.213 e. The standard InChI is InChI=1S/C14H22N2O3S/c1-2-14-9-13(7-8-19-14)16-12-5-3-11(4-6-12)10-20(15,17)18/h3-6,13-14,16H,2,7-10H2,1H3,(H2,15,17,18). The van der Waals surface area contributed by atoms with Crippen molar-refractivity contribution in [1.29, 1.82) is 0 Å². The summed E-state index contributed by atoms with van der Waals surface area (Å²) in [6.45, 7) is 2.93. The molecule has 5 nitrogen and oxygen atoms in total. The topological polar surface area (TPSA) is 81.4 Å². The molecule has 2 atom stereocenters. The minimum absolute atomic E-state index is 0.123. The summed E-state index contributed by atoms with van der Waals surface area (Å²) in [7, 11) is -3.46. The molecular weight excluding hydrogens is 276 g/mol. The molecule has 0 saturated carbocycles. The average molecular weight is 298 g/mol. The minimum atomic E-state index is -3.46. The summed E-state index contributed by atoms with van der Waals surface area (Å²) in [5, 5.41) is 8.50. The van der Waals surface area contributed by atoms with Crippen molar-refractivity contribution >= 4 is 15.7 Å². The van der Waals surface area contributed by atoms with Gasteiger partial charge in [-0.25, -0.2) is 13.6 Å². The number of rotatable bonds is 5. The largest absolute Gasteiger partial charge is 0.382 e. The molecule has 0 radical (unpaired) electrons. The van der Waals surface area contributed by atoms with Crippen molar-refractivity contribution in [3.8, 4) is 0 Å². The van der Waals surface area contributed by atoms with Crippen molar-refractivity contribution in [3.05, 3.63) is 29.8 Å². The third kappa shape index (κ3) is 4.77. The van der Waals surface area contributed by atoms with E-state index < -0.39 is 10.0 Å². The van der Waals surface area contributed by atoms with Gasteiger partial charge in [-0.05, 0) is 37.0 Å². The van der Waals surface area contributed by atoms with E-state index in [-0.39, 0.29) is 5.75 Å². The van der Waals surface area contributed by atoms with E-state index in [0.29, 0.717) is 17.7 Å². The number of ether oxygens (including phenoxy) is 1. The van der Waals surface area contributed by atoms with Crippen LogP contribution in [0.4, 0.5) is 5.69 Å². The fourth-order valence-electron chi connectivity index (χ4n) is 2.46. The molecule has 112 valence electrons. The Bertz CT molecular complexity index is 528. The Labute approximate surface area is 120 Å². The molecule has 0 aromatic heterocycles. The van der Waals surface area contributed by atoms with Crippen LogP contribution in [0.5, 0.6) is 0 Å². The van der Waals surface area contributed by atoms with Crippen molar-refractivity contribution in [3.63, 3.8) is 0 Å². The summed E-state index contributed by atoms with van der Waals surface area (Å²) in [6, 6.07) is 7.80. The normalized spacial score (nSPS) is 23.5. The van der Waals surface area contributed by atoms with Crippen LogP contribution in [0, 0.1) is 0 Å². The second kappa shape index (κ2) is 6.56. The fourth-order valence-corrected chi connectivity index (χ4v) is 3.12. The van der Waals surface area contributed by atoms with Crippen LogP contribution in [0.3, 0.4) is 0 Å². The number of anilines is 1. The molecule has 0 amide bonds. The molecule has 0 spiro atoms. The maximum Gasteiger partial charge on any atom is 0.213 e. The number of sulfonamides is 1. The Hall–Kier alpha value is -1.11. The lowest BCUT2D eigenvalue weighted by Crippen LogP contribution is -2.33. The van der Waals surface area contributed by atoms with E-state index in [1.54, 1.807) is 12.1 Å². The first-order valence-electron chi connectivity index (χ1n) is 6.94. The van der Waals surface area contributed by atoms with Gasteiger partial charge >= 0.3 is 0 Å². The third-order valence-electron chi connectivity index (χ3n) is 3.52. The van der Waals surface area contributed by atoms with Crippen LogP contribution < -0.4 is 10.5 Å². The van der Waals surface area contributed by atoms with Crippen LogP contribution in [0.15, 0.2) is 24.3 Å². The van der Waals surface area contributed by atoms with Gasteiger partial charge < -0.3 is 10.1 Å². The third-order valence-corrected chi connectivity index (χ3v) is 4.25. The average Bonchev–Trinajstić information content (AvgIpc) is 2.40. The van der Waals surface area contributed by atoms with Crippen molar-refractivity contribution in [1.82, 2.24) is 0 Å². The van der Waals surface area contributed by atoms with Gasteiger partial charge in [-0.2, -0.15) is 0 Å².